The van der Waals surface area contributed by atoms with E-state index in [9.17, 15) is 0 Å². The lowest BCUT2D eigenvalue weighted by atomic mass is 9.81. The van der Waals surface area contributed by atoms with Crippen molar-refractivity contribution in [1.82, 2.24) is 0 Å². The van der Waals surface area contributed by atoms with Gasteiger partial charge in [-0.05, 0) is 31.1 Å². The summed E-state index contributed by atoms with van der Waals surface area (Å²) in [4.78, 5) is 0. The van der Waals surface area contributed by atoms with Gasteiger partial charge in [0.15, 0.2) is 0 Å². The topological polar surface area (TPSA) is 0 Å². The minimum absolute atomic E-state index is 0.954. The Morgan fingerprint density at radius 3 is 3.00 bits per heavy atom. The summed E-state index contributed by atoms with van der Waals surface area (Å²) in [6.07, 6.45) is 10.6. The lowest BCUT2D eigenvalue weighted by Gasteiger charge is -2.29. The van der Waals surface area contributed by atoms with Crippen LogP contribution in [0.4, 0.5) is 0 Å². The van der Waals surface area contributed by atoms with Gasteiger partial charge in [-0.15, -0.1) is 0 Å². The average molecular weight is 248 g/mol. The van der Waals surface area contributed by atoms with Gasteiger partial charge in [-0.25, -0.2) is 0 Å². The van der Waals surface area contributed by atoms with Crippen LogP contribution in [0.25, 0.3) is 0 Å². The zero-order valence-electron chi connectivity index (χ0n) is 6.09. The van der Waals surface area contributed by atoms with E-state index in [2.05, 4.69) is 34.7 Å². The minimum atomic E-state index is 0.954. The van der Waals surface area contributed by atoms with Crippen molar-refractivity contribution >= 4 is 22.6 Å². The Morgan fingerprint density at radius 2 is 2.20 bits per heavy atom. The third-order valence-corrected chi connectivity index (χ3v) is 4.37. The van der Waals surface area contributed by atoms with E-state index in [0.29, 0.717) is 0 Å². The summed E-state index contributed by atoms with van der Waals surface area (Å²) < 4.78 is 0.964. The molecule has 0 bridgehead atoms. The van der Waals surface area contributed by atoms with Crippen LogP contribution in [0.3, 0.4) is 0 Å². The second-order valence-corrected chi connectivity index (χ2v) is 5.04. The van der Waals surface area contributed by atoms with E-state index < -0.39 is 0 Å². The number of hydrogen-bond acceptors (Lipinski definition) is 0. The van der Waals surface area contributed by atoms with Crippen molar-refractivity contribution in [1.29, 1.82) is 0 Å². The van der Waals surface area contributed by atoms with Crippen LogP contribution < -0.4 is 0 Å². The number of fused-ring (bicyclic) bond motifs is 1. The normalized spacial score (nSPS) is 45.5. The van der Waals surface area contributed by atoms with Gasteiger partial charge in [0.2, 0.25) is 0 Å². The van der Waals surface area contributed by atoms with E-state index in [0.717, 1.165) is 15.8 Å². The summed E-state index contributed by atoms with van der Waals surface area (Å²) in [7, 11) is 0. The molecule has 0 aromatic heterocycles. The summed E-state index contributed by atoms with van der Waals surface area (Å²) >= 11 is 2.63. The molecule has 2 rings (SSSR count). The maximum atomic E-state index is 2.63. The fourth-order valence-electron chi connectivity index (χ4n) is 2.22. The van der Waals surface area contributed by atoms with Crippen LogP contribution in [0.5, 0.6) is 0 Å². The van der Waals surface area contributed by atoms with Crippen LogP contribution >= 0.6 is 22.6 Å². The summed E-state index contributed by atoms with van der Waals surface area (Å²) in [5.74, 6) is 1.96. The van der Waals surface area contributed by atoms with Gasteiger partial charge >= 0.3 is 0 Å². The molecule has 0 amide bonds. The quantitative estimate of drug-likeness (QED) is 0.351. The van der Waals surface area contributed by atoms with Gasteiger partial charge < -0.3 is 0 Å². The summed E-state index contributed by atoms with van der Waals surface area (Å²) in [6.45, 7) is 0. The van der Waals surface area contributed by atoms with Crippen molar-refractivity contribution in [3.05, 3.63) is 12.2 Å². The molecule has 0 N–H and O–H groups in total. The Hall–Kier alpha value is 0.470. The maximum Gasteiger partial charge on any atom is 0.0146 e. The molecule has 0 aliphatic heterocycles. The fourth-order valence-corrected chi connectivity index (χ4v) is 3.48. The zero-order chi connectivity index (χ0) is 6.97. The number of halogens is 1. The molecular weight excluding hydrogens is 235 g/mol. The Bertz CT molecular complexity index is 151. The summed E-state index contributed by atoms with van der Waals surface area (Å²) in [5, 5.41) is 0. The number of alkyl halides is 1. The molecule has 3 unspecified atom stereocenters. The van der Waals surface area contributed by atoms with E-state index in [4.69, 9.17) is 0 Å². The first kappa shape index (κ1) is 7.14. The highest BCUT2D eigenvalue weighted by Gasteiger charge is 2.31. The van der Waals surface area contributed by atoms with Gasteiger partial charge in [-0.1, -0.05) is 41.2 Å². The van der Waals surface area contributed by atoms with Crippen LogP contribution in [0.2, 0.25) is 0 Å². The second kappa shape index (κ2) is 2.84. The van der Waals surface area contributed by atoms with Crippen LogP contribution in [0.1, 0.15) is 25.7 Å². The number of rotatable bonds is 0. The Labute approximate surface area is 76.2 Å². The molecule has 1 saturated carbocycles. The molecule has 10 heavy (non-hydrogen) atoms. The zero-order valence-corrected chi connectivity index (χ0v) is 8.25. The summed E-state index contributed by atoms with van der Waals surface area (Å²) in [6, 6.07) is 0. The van der Waals surface area contributed by atoms with Crippen molar-refractivity contribution in [3.63, 3.8) is 0 Å². The monoisotopic (exact) mass is 248 g/mol. The first-order valence-corrected chi connectivity index (χ1v) is 5.43. The molecule has 1 fully saturated rings. The predicted molar refractivity (Wildman–Crippen MR) is 52.4 cm³/mol. The lowest BCUT2D eigenvalue weighted by Crippen LogP contribution is -2.23. The molecule has 3 atom stereocenters. The van der Waals surface area contributed by atoms with E-state index >= 15 is 0 Å². The molecule has 0 nitrogen and oxygen atoms in total. The van der Waals surface area contributed by atoms with Gasteiger partial charge in [0.05, 0.1) is 0 Å². The smallest absolute Gasteiger partial charge is 0.0146 e. The lowest BCUT2D eigenvalue weighted by molar-refractivity contribution is 0.324. The molecule has 0 saturated heterocycles. The third kappa shape index (κ3) is 1.13. The van der Waals surface area contributed by atoms with Crippen molar-refractivity contribution in [2.45, 2.75) is 29.6 Å². The molecule has 2 aliphatic carbocycles. The number of hydrogen-bond donors (Lipinski definition) is 0. The fraction of sp³-hybridized carbons (Fsp3) is 0.778. The third-order valence-electron chi connectivity index (χ3n) is 2.82. The summed E-state index contributed by atoms with van der Waals surface area (Å²) in [5.41, 5.74) is 0. The Morgan fingerprint density at radius 1 is 1.30 bits per heavy atom. The second-order valence-electron chi connectivity index (χ2n) is 3.44. The van der Waals surface area contributed by atoms with Crippen LogP contribution in [-0.2, 0) is 0 Å². The van der Waals surface area contributed by atoms with Crippen LogP contribution in [-0.4, -0.2) is 3.92 Å². The van der Waals surface area contributed by atoms with Gasteiger partial charge in [-0.2, -0.15) is 0 Å². The van der Waals surface area contributed by atoms with Gasteiger partial charge in [0.1, 0.15) is 0 Å². The van der Waals surface area contributed by atoms with Crippen molar-refractivity contribution in [2.24, 2.45) is 11.8 Å². The number of allylic oxidation sites excluding steroid dienone is 2. The molecule has 0 spiro atoms. The molecule has 0 radical (unpaired) electrons. The first-order valence-electron chi connectivity index (χ1n) is 4.18. The van der Waals surface area contributed by atoms with Gasteiger partial charge in [-0.3, -0.25) is 0 Å². The van der Waals surface area contributed by atoms with Crippen molar-refractivity contribution < 1.29 is 0 Å². The largest absolute Gasteiger partial charge is 0.0879 e. The molecule has 0 aromatic rings. The Kier molecular flexibility index (Phi) is 2.03. The van der Waals surface area contributed by atoms with E-state index in [1.807, 2.05) is 0 Å². The molecule has 0 aromatic carbocycles. The molecule has 2 aliphatic rings. The van der Waals surface area contributed by atoms with Crippen LogP contribution in [0, 0.1) is 11.8 Å². The predicted octanol–water partition coefficient (Wildman–Crippen LogP) is 3.17. The van der Waals surface area contributed by atoms with Gasteiger partial charge in [0, 0.05) is 3.92 Å². The standard InChI is InChI=1S/C9H13I/c10-9-6-2-4-7-3-1-5-8(7)9/h1,3,7-9H,2,4-6H2. The van der Waals surface area contributed by atoms with E-state index in [-0.39, 0.29) is 0 Å². The van der Waals surface area contributed by atoms with E-state index in [1.54, 1.807) is 0 Å². The first-order chi connectivity index (χ1) is 4.88. The highest BCUT2D eigenvalue weighted by molar-refractivity contribution is 14.1. The van der Waals surface area contributed by atoms with Gasteiger partial charge in [0.25, 0.3) is 0 Å². The van der Waals surface area contributed by atoms with Crippen molar-refractivity contribution in [3.8, 4) is 0 Å². The molecule has 1 heteroatoms. The average Bonchev–Trinajstić information content (AvgIpc) is 2.36. The molecule has 56 valence electrons. The van der Waals surface area contributed by atoms with Crippen LogP contribution in [0.15, 0.2) is 12.2 Å². The van der Waals surface area contributed by atoms with Crippen molar-refractivity contribution in [2.75, 3.05) is 0 Å². The van der Waals surface area contributed by atoms with E-state index in [1.165, 1.54) is 25.7 Å². The SMILES string of the molecule is IC1CCCC2C=CCC12. The Balaban J connectivity index is 2.07. The maximum absolute atomic E-state index is 2.63. The highest BCUT2D eigenvalue weighted by Crippen LogP contribution is 2.41. The minimum Gasteiger partial charge on any atom is -0.0879 e. The molecule has 0 heterocycles. The highest BCUT2D eigenvalue weighted by atomic mass is 127. The molecular formula is C9H13I.